The van der Waals surface area contributed by atoms with Gasteiger partial charge in [-0.15, -0.1) is 0 Å². The number of urea groups is 1. The van der Waals surface area contributed by atoms with Crippen LogP contribution in [0.5, 0.6) is 0 Å². The van der Waals surface area contributed by atoms with Gasteiger partial charge in [-0.2, -0.15) is 11.8 Å². The molecular weight excluding hydrogens is 228 g/mol. The maximum absolute atomic E-state index is 11.5. The van der Waals surface area contributed by atoms with Crippen LogP contribution in [0.1, 0.15) is 13.3 Å². The number of hydrogen-bond donors (Lipinski definition) is 2. The molecule has 1 aliphatic heterocycles. The van der Waals surface area contributed by atoms with E-state index < -0.39 is 5.97 Å². The van der Waals surface area contributed by atoms with Gasteiger partial charge in [-0.05, 0) is 12.7 Å². The molecule has 1 unspecified atom stereocenters. The average molecular weight is 246 g/mol. The number of carboxylic acids is 1. The van der Waals surface area contributed by atoms with E-state index in [2.05, 4.69) is 12.2 Å². The van der Waals surface area contributed by atoms with Crippen molar-refractivity contribution >= 4 is 23.8 Å². The van der Waals surface area contributed by atoms with Crippen LogP contribution in [-0.2, 0) is 4.79 Å². The van der Waals surface area contributed by atoms with Gasteiger partial charge in [-0.1, -0.05) is 6.92 Å². The molecule has 92 valence electrons. The van der Waals surface area contributed by atoms with Crippen molar-refractivity contribution in [1.82, 2.24) is 10.2 Å². The first-order chi connectivity index (χ1) is 7.54. The predicted octanol–water partition coefficient (Wildman–Crippen LogP) is 0.854. The lowest BCUT2D eigenvalue weighted by molar-refractivity contribution is -0.146. The first-order valence-corrected chi connectivity index (χ1v) is 6.61. The lowest BCUT2D eigenvalue weighted by Crippen LogP contribution is -2.56. The van der Waals surface area contributed by atoms with Crippen LogP contribution in [0.2, 0.25) is 0 Å². The standard InChI is InChI=1S/C10H18N2O3S/c1-7(16-2)3-4-11-10(15)12-5-8(6-12)9(13)14/h7-8H,3-6H2,1-2H3,(H,11,15)(H,13,14). The van der Waals surface area contributed by atoms with Gasteiger partial charge in [-0.3, -0.25) is 4.79 Å². The zero-order valence-electron chi connectivity index (χ0n) is 9.60. The Hall–Kier alpha value is -0.910. The second kappa shape index (κ2) is 5.98. The monoisotopic (exact) mass is 246 g/mol. The number of nitrogens with zero attached hydrogens (tertiary/aromatic N) is 1. The molecule has 0 saturated carbocycles. The summed E-state index contributed by atoms with van der Waals surface area (Å²) >= 11 is 1.77. The molecule has 1 aliphatic rings. The van der Waals surface area contributed by atoms with Gasteiger partial charge < -0.3 is 15.3 Å². The molecule has 1 rings (SSSR count). The van der Waals surface area contributed by atoms with Crippen LogP contribution in [0.25, 0.3) is 0 Å². The van der Waals surface area contributed by atoms with Crippen LogP contribution < -0.4 is 5.32 Å². The fourth-order valence-electron chi connectivity index (χ4n) is 1.41. The average Bonchev–Trinajstić information content (AvgIpc) is 2.14. The first kappa shape index (κ1) is 13.2. The lowest BCUT2D eigenvalue weighted by Gasteiger charge is -2.36. The van der Waals surface area contributed by atoms with Crippen molar-refractivity contribution in [3.8, 4) is 0 Å². The summed E-state index contributed by atoms with van der Waals surface area (Å²) in [5.41, 5.74) is 0. The molecule has 16 heavy (non-hydrogen) atoms. The highest BCUT2D eigenvalue weighted by atomic mass is 32.2. The van der Waals surface area contributed by atoms with E-state index in [-0.39, 0.29) is 11.9 Å². The second-order valence-corrected chi connectivity index (χ2v) is 5.28. The van der Waals surface area contributed by atoms with Crippen molar-refractivity contribution in [2.75, 3.05) is 25.9 Å². The molecule has 5 nitrogen and oxygen atoms in total. The zero-order valence-corrected chi connectivity index (χ0v) is 10.4. The minimum absolute atomic E-state index is 0.147. The summed E-state index contributed by atoms with van der Waals surface area (Å²) in [6.07, 6.45) is 2.97. The summed E-state index contributed by atoms with van der Waals surface area (Å²) in [5, 5.41) is 12.0. The molecule has 0 aromatic rings. The van der Waals surface area contributed by atoms with E-state index in [0.29, 0.717) is 24.9 Å². The minimum Gasteiger partial charge on any atom is -0.481 e. The van der Waals surface area contributed by atoms with Crippen LogP contribution in [-0.4, -0.2) is 53.1 Å². The van der Waals surface area contributed by atoms with Crippen LogP contribution in [0, 0.1) is 5.92 Å². The van der Waals surface area contributed by atoms with Gasteiger partial charge >= 0.3 is 12.0 Å². The Balaban J connectivity index is 2.11. The normalized spacial score (nSPS) is 17.8. The molecule has 2 N–H and O–H groups in total. The zero-order chi connectivity index (χ0) is 12.1. The molecule has 0 bridgehead atoms. The van der Waals surface area contributed by atoms with E-state index in [1.54, 1.807) is 11.8 Å². The molecule has 1 saturated heterocycles. The van der Waals surface area contributed by atoms with Gasteiger partial charge in [-0.25, -0.2) is 4.79 Å². The van der Waals surface area contributed by atoms with Crippen molar-refractivity contribution in [2.24, 2.45) is 5.92 Å². The van der Waals surface area contributed by atoms with Crippen molar-refractivity contribution < 1.29 is 14.7 Å². The lowest BCUT2D eigenvalue weighted by atomic mass is 10.0. The Labute approximate surface area is 99.6 Å². The number of hydrogen-bond acceptors (Lipinski definition) is 3. The van der Waals surface area contributed by atoms with Gasteiger partial charge in [0, 0.05) is 24.9 Å². The van der Waals surface area contributed by atoms with Crippen LogP contribution >= 0.6 is 11.8 Å². The van der Waals surface area contributed by atoms with Gasteiger partial charge in [0.05, 0.1) is 5.92 Å². The third kappa shape index (κ3) is 3.59. The Kier molecular flexibility index (Phi) is 4.92. The van der Waals surface area contributed by atoms with E-state index >= 15 is 0 Å². The molecule has 1 atom stereocenters. The number of nitrogens with one attached hydrogen (secondary N) is 1. The number of amides is 2. The topological polar surface area (TPSA) is 69.6 Å². The molecule has 0 aliphatic carbocycles. The fourth-order valence-corrected chi connectivity index (χ4v) is 1.77. The Bertz CT molecular complexity index is 267. The largest absolute Gasteiger partial charge is 0.481 e. The summed E-state index contributed by atoms with van der Waals surface area (Å²) in [6, 6.07) is -0.147. The van der Waals surface area contributed by atoms with Crippen molar-refractivity contribution in [3.05, 3.63) is 0 Å². The Morgan fingerprint density at radius 3 is 2.69 bits per heavy atom. The highest BCUT2D eigenvalue weighted by molar-refractivity contribution is 7.99. The number of aliphatic carboxylic acids is 1. The number of thioether (sulfide) groups is 1. The molecule has 0 spiro atoms. The molecule has 0 aromatic heterocycles. The van der Waals surface area contributed by atoms with Gasteiger partial charge in [0.15, 0.2) is 0 Å². The summed E-state index contributed by atoms with van der Waals surface area (Å²) in [6.45, 7) is 3.43. The van der Waals surface area contributed by atoms with Gasteiger partial charge in [0.25, 0.3) is 0 Å². The number of carboxylic acid groups (broad SMARTS) is 1. The molecule has 1 heterocycles. The van der Waals surface area contributed by atoms with E-state index in [1.165, 1.54) is 4.90 Å². The predicted molar refractivity (Wildman–Crippen MR) is 63.7 cm³/mol. The quantitative estimate of drug-likeness (QED) is 0.754. The number of carbonyl (C=O) groups excluding carboxylic acids is 1. The maximum atomic E-state index is 11.5. The number of carbonyl (C=O) groups is 2. The van der Waals surface area contributed by atoms with Gasteiger partial charge in [0.1, 0.15) is 0 Å². The van der Waals surface area contributed by atoms with Crippen molar-refractivity contribution in [3.63, 3.8) is 0 Å². The number of likely N-dealkylation sites (tertiary alicyclic amines) is 1. The SMILES string of the molecule is CSC(C)CCNC(=O)N1CC(C(=O)O)C1. The molecule has 6 heteroatoms. The molecule has 0 radical (unpaired) electrons. The highest BCUT2D eigenvalue weighted by Crippen LogP contribution is 2.15. The third-order valence-electron chi connectivity index (χ3n) is 2.75. The van der Waals surface area contributed by atoms with E-state index in [0.717, 1.165) is 6.42 Å². The van der Waals surface area contributed by atoms with E-state index in [1.807, 2.05) is 6.26 Å². The van der Waals surface area contributed by atoms with Crippen LogP contribution in [0.3, 0.4) is 0 Å². The Morgan fingerprint density at radius 1 is 1.56 bits per heavy atom. The van der Waals surface area contributed by atoms with E-state index in [9.17, 15) is 9.59 Å². The minimum atomic E-state index is -0.819. The summed E-state index contributed by atoms with van der Waals surface area (Å²) in [7, 11) is 0. The highest BCUT2D eigenvalue weighted by Gasteiger charge is 2.35. The maximum Gasteiger partial charge on any atom is 0.317 e. The smallest absolute Gasteiger partial charge is 0.317 e. The van der Waals surface area contributed by atoms with Crippen LogP contribution in [0.15, 0.2) is 0 Å². The molecular formula is C10H18N2O3S. The fraction of sp³-hybridized carbons (Fsp3) is 0.800. The van der Waals surface area contributed by atoms with Gasteiger partial charge in [0.2, 0.25) is 0 Å². The molecule has 1 fully saturated rings. The summed E-state index contributed by atoms with van der Waals surface area (Å²) in [4.78, 5) is 23.5. The third-order valence-corrected chi connectivity index (χ3v) is 3.79. The number of rotatable bonds is 5. The molecule has 0 aromatic carbocycles. The first-order valence-electron chi connectivity index (χ1n) is 5.33. The van der Waals surface area contributed by atoms with E-state index in [4.69, 9.17) is 5.11 Å². The second-order valence-electron chi connectivity index (χ2n) is 4.01. The van der Waals surface area contributed by atoms with Crippen LogP contribution in [0.4, 0.5) is 4.79 Å². The Morgan fingerprint density at radius 2 is 2.19 bits per heavy atom. The molecule has 2 amide bonds. The summed E-state index contributed by atoms with van der Waals surface area (Å²) < 4.78 is 0. The van der Waals surface area contributed by atoms with Crippen molar-refractivity contribution in [2.45, 2.75) is 18.6 Å². The van der Waals surface area contributed by atoms with Crippen molar-refractivity contribution in [1.29, 1.82) is 0 Å². The summed E-state index contributed by atoms with van der Waals surface area (Å²) in [5.74, 6) is -1.20.